The van der Waals surface area contributed by atoms with Crippen molar-refractivity contribution in [3.8, 4) is 0 Å². The average molecular weight is 189 g/mol. The van der Waals surface area contributed by atoms with Crippen LogP contribution in [0.3, 0.4) is 0 Å². The minimum absolute atomic E-state index is 0.724. The molecule has 0 aliphatic carbocycles. The Kier molecular flexibility index (Phi) is 3.90. The Morgan fingerprint density at radius 1 is 1.36 bits per heavy atom. The van der Waals surface area contributed by atoms with Gasteiger partial charge in [-0.3, -0.25) is 0 Å². The minimum Gasteiger partial charge on any atom is -0.330 e. The molecule has 76 valence electrons. The van der Waals surface area contributed by atoms with E-state index in [4.69, 9.17) is 5.73 Å². The fourth-order valence-electron chi connectivity index (χ4n) is 1.67. The molecule has 0 atom stereocenters. The monoisotopic (exact) mass is 189 g/mol. The maximum atomic E-state index is 5.47. The standard InChI is InChI=1S/C13H19N/c1-10-6-7-13(12(3)9-10)11(2)5-4-8-14/h5-7,9H,4,8,14H2,1-3H3/b11-5+. The van der Waals surface area contributed by atoms with Gasteiger partial charge in [0.25, 0.3) is 0 Å². The van der Waals surface area contributed by atoms with Gasteiger partial charge in [-0.1, -0.05) is 29.8 Å². The molecule has 0 bridgehead atoms. The molecule has 0 fully saturated rings. The molecule has 0 aromatic heterocycles. The molecule has 1 heteroatoms. The molecular formula is C13H19N. The van der Waals surface area contributed by atoms with Crippen molar-refractivity contribution in [1.82, 2.24) is 0 Å². The van der Waals surface area contributed by atoms with Crippen molar-refractivity contribution < 1.29 is 0 Å². The maximum Gasteiger partial charge on any atom is -0.00424 e. The van der Waals surface area contributed by atoms with Gasteiger partial charge in [-0.05, 0) is 50.4 Å². The van der Waals surface area contributed by atoms with Gasteiger partial charge >= 0.3 is 0 Å². The average Bonchev–Trinajstić information content (AvgIpc) is 2.14. The van der Waals surface area contributed by atoms with Crippen LogP contribution in [-0.4, -0.2) is 6.54 Å². The van der Waals surface area contributed by atoms with E-state index in [-0.39, 0.29) is 0 Å². The summed E-state index contributed by atoms with van der Waals surface area (Å²) in [6, 6.07) is 6.56. The summed E-state index contributed by atoms with van der Waals surface area (Å²) in [6.07, 6.45) is 3.16. The second-order valence-corrected chi connectivity index (χ2v) is 3.78. The maximum absolute atomic E-state index is 5.47. The molecular weight excluding hydrogens is 170 g/mol. The lowest BCUT2D eigenvalue weighted by atomic mass is 9.99. The Morgan fingerprint density at radius 2 is 2.07 bits per heavy atom. The van der Waals surface area contributed by atoms with Crippen molar-refractivity contribution in [1.29, 1.82) is 0 Å². The Hall–Kier alpha value is -1.08. The zero-order valence-electron chi connectivity index (χ0n) is 9.30. The molecule has 1 aromatic rings. The molecule has 0 saturated heterocycles. The Labute approximate surface area is 86.6 Å². The molecule has 0 heterocycles. The third-order valence-corrected chi connectivity index (χ3v) is 2.42. The van der Waals surface area contributed by atoms with Crippen molar-refractivity contribution in [2.24, 2.45) is 5.73 Å². The first-order valence-electron chi connectivity index (χ1n) is 5.09. The molecule has 2 N–H and O–H groups in total. The fourth-order valence-corrected chi connectivity index (χ4v) is 1.67. The van der Waals surface area contributed by atoms with Crippen LogP contribution in [-0.2, 0) is 0 Å². The summed E-state index contributed by atoms with van der Waals surface area (Å²) < 4.78 is 0. The highest BCUT2D eigenvalue weighted by Gasteiger charge is 1.99. The van der Waals surface area contributed by atoms with Crippen LogP contribution >= 0.6 is 0 Å². The molecule has 14 heavy (non-hydrogen) atoms. The second-order valence-electron chi connectivity index (χ2n) is 3.78. The van der Waals surface area contributed by atoms with Crippen molar-refractivity contribution >= 4 is 5.57 Å². The minimum atomic E-state index is 0.724. The highest BCUT2D eigenvalue weighted by atomic mass is 14.5. The summed E-state index contributed by atoms with van der Waals surface area (Å²) >= 11 is 0. The van der Waals surface area contributed by atoms with Crippen LogP contribution in [0.25, 0.3) is 5.57 Å². The summed E-state index contributed by atoms with van der Waals surface area (Å²) in [7, 11) is 0. The summed E-state index contributed by atoms with van der Waals surface area (Å²) in [5.74, 6) is 0. The van der Waals surface area contributed by atoms with Crippen molar-refractivity contribution in [2.45, 2.75) is 27.2 Å². The van der Waals surface area contributed by atoms with Crippen molar-refractivity contribution in [3.63, 3.8) is 0 Å². The second kappa shape index (κ2) is 4.97. The number of hydrogen-bond donors (Lipinski definition) is 1. The van der Waals surface area contributed by atoms with E-state index in [2.05, 4.69) is 45.0 Å². The lowest BCUT2D eigenvalue weighted by Gasteiger charge is -2.07. The largest absolute Gasteiger partial charge is 0.330 e. The van der Waals surface area contributed by atoms with Crippen LogP contribution < -0.4 is 5.73 Å². The molecule has 0 spiro atoms. The smallest absolute Gasteiger partial charge is 0.00424 e. The van der Waals surface area contributed by atoms with Gasteiger partial charge in [0.15, 0.2) is 0 Å². The van der Waals surface area contributed by atoms with Gasteiger partial charge in [-0.15, -0.1) is 0 Å². The SMILES string of the molecule is C/C(=C\CCN)c1ccc(C)cc1C. The van der Waals surface area contributed by atoms with Crippen LogP contribution in [0.4, 0.5) is 0 Å². The third-order valence-electron chi connectivity index (χ3n) is 2.42. The van der Waals surface area contributed by atoms with Gasteiger partial charge < -0.3 is 5.73 Å². The van der Waals surface area contributed by atoms with Crippen molar-refractivity contribution in [3.05, 3.63) is 41.0 Å². The fraction of sp³-hybridized carbons (Fsp3) is 0.385. The molecule has 0 radical (unpaired) electrons. The van der Waals surface area contributed by atoms with Gasteiger partial charge in [0.2, 0.25) is 0 Å². The van der Waals surface area contributed by atoms with Crippen LogP contribution in [0.15, 0.2) is 24.3 Å². The number of benzene rings is 1. The van der Waals surface area contributed by atoms with E-state index in [1.165, 1.54) is 22.3 Å². The van der Waals surface area contributed by atoms with Crippen LogP contribution in [0.5, 0.6) is 0 Å². The summed E-state index contributed by atoms with van der Waals surface area (Å²) in [5.41, 5.74) is 10.8. The third kappa shape index (κ3) is 2.71. The molecule has 0 saturated carbocycles. The highest BCUT2D eigenvalue weighted by molar-refractivity contribution is 5.66. The first kappa shape index (κ1) is 11.0. The van der Waals surface area contributed by atoms with Gasteiger partial charge in [0.05, 0.1) is 0 Å². The quantitative estimate of drug-likeness (QED) is 0.777. The Morgan fingerprint density at radius 3 is 2.64 bits per heavy atom. The van der Waals surface area contributed by atoms with E-state index >= 15 is 0 Å². The molecule has 0 unspecified atom stereocenters. The zero-order chi connectivity index (χ0) is 10.6. The van der Waals surface area contributed by atoms with Crippen molar-refractivity contribution in [2.75, 3.05) is 6.54 Å². The number of rotatable bonds is 3. The van der Waals surface area contributed by atoms with Gasteiger partial charge in [-0.25, -0.2) is 0 Å². The van der Waals surface area contributed by atoms with Crippen LogP contribution in [0.1, 0.15) is 30.0 Å². The van der Waals surface area contributed by atoms with Gasteiger partial charge in [-0.2, -0.15) is 0 Å². The van der Waals surface area contributed by atoms with E-state index in [0.29, 0.717) is 0 Å². The van der Waals surface area contributed by atoms with Gasteiger partial charge in [0.1, 0.15) is 0 Å². The lowest BCUT2D eigenvalue weighted by molar-refractivity contribution is 1.01. The predicted octanol–water partition coefficient (Wildman–Crippen LogP) is 3.06. The molecule has 1 nitrogen and oxygen atoms in total. The first-order valence-corrected chi connectivity index (χ1v) is 5.09. The summed E-state index contributed by atoms with van der Waals surface area (Å²) in [6.45, 7) is 7.15. The number of aryl methyl sites for hydroxylation is 2. The highest BCUT2D eigenvalue weighted by Crippen LogP contribution is 2.19. The topological polar surface area (TPSA) is 26.0 Å². The Bertz CT molecular complexity index is 337. The summed E-state index contributed by atoms with van der Waals surface area (Å²) in [5, 5.41) is 0. The molecule has 0 aliphatic rings. The number of allylic oxidation sites excluding steroid dienone is 1. The predicted molar refractivity (Wildman–Crippen MR) is 63.2 cm³/mol. The summed E-state index contributed by atoms with van der Waals surface area (Å²) in [4.78, 5) is 0. The molecule has 1 aromatic carbocycles. The number of hydrogen-bond acceptors (Lipinski definition) is 1. The van der Waals surface area contributed by atoms with E-state index in [9.17, 15) is 0 Å². The van der Waals surface area contributed by atoms with E-state index in [0.717, 1.165) is 13.0 Å². The normalized spacial score (nSPS) is 11.9. The molecule has 0 amide bonds. The van der Waals surface area contributed by atoms with Gasteiger partial charge in [0, 0.05) is 0 Å². The van der Waals surface area contributed by atoms with Crippen LogP contribution in [0, 0.1) is 13.8 Å². The zero-order valence-corrected chi connectivity index (χ0v) is 9.30. The molecule has 1 rings (SSSR count). The molecule has 0 aliphatic heterocycles. The Balaban J connectivity index is 2.95. The van der Waals surface area contributed by atoms with E-state index in [1.54, 1.807) is 0 Å². The lowest BCUT2D eigenvalue weighted by Crippen LogP contribution is -1.96. The number of nitrogens with two attached hydrogens (primary N) is 1. The first-order chi connectivity index (χ1) is 6.65. The van der Waals surface area contributed by atoms with E-state index < -0.39 is 0 Å². The van der Waals surface area contributed by atoms with Crippen LogP contribution in [0.2, 0.25) is 0 Å². The van der Waals surface area contributed by atoms with E-state index in [1.807, 2.05) is 0 Å².